The van der Waals surface area contributed by atoms with Gasteiger partial charge in [0.05, 0.1) is 0 Å². The molecular weight excluding hydrogens is 226 g/mol. The Kier molecular flexibility index (Phi) is 5.01. The lowest BCUT2D eigenvalue weighted by Crippen LogP contribution is -2.45. The minimum absolute atomic E-state index is 0.136. The number of piperidine rings is 1. The molecule has 1 aliphatic carbocycles. The Labute approximate surface area is 110 Å². The first-order valence-electron chi connectivity index (χ1n) is 7.38. The molecule has 4 heteroatoms. The quantitative estimate of drug-likeness (QED) is 0.789. The molecule has 1 saturated carbocycles. The summed E-state index contributed by atoms with van der Waals surface area (Å²) in [6.07, 6.45) is 8.15. The van der Waals surface area contributed by atoms with Gasteiger partial charge >= 0.3 is 0 Å². The number of hydrogen-bond donors (Lipinski definition) is 2. The molecule has 1 amide bonds. The number of primary amides is 1. The normalized spacial score (nSPS) is 31.4. The minimum Gasteiger partial charge on any atom is -0.370 e. The smallest absolute Gasteiger partial charge is 0.217 e. The number of carbonyl (C=O) groups is 1. The van der Waals surface area contributed by atoms with E-state index in [1.54, 1.807) is 0 Å². The third-order valence-corrected chi connectivity index (χ3v) is 4.76. The predicted octanol–water partition coefficient (Wildman–Crippen LogP) is 1.10. The molecule has 2 rings (SSSR count). The molecule has 0 atom stereocenters. The van der Waals surface area contributed by atoms with Crippen LogP contribution in [0.15, 0.2) is 0 Å². The first-order chi connectivity index (χ1) is 8.69. The third-order valence-electron chi connectivity index (χ3n) is 4.76. The number of nitrogens with zero attached hydrogens (tertiary/aromatic N) is 1. The van der Waals surface area contributed by atoms with E-state index in [0.29, 0.717) is 12.3 Å². The number of carbonyl (C=O) groups excluding carboxylic acids is 1. The van der Waals surface area contributed by atoms with Gasteiger partial charge in [0.25, 0.3) is 0 Å². The summed E-state index contributed by atoms with van der Waals surface area (Å²) in [5.41, 5.74) is 5.27. The van der Waals surface area contributed by atoms with Crippen molar-refractivity contribution >= 4 is 5.91 Å². The molecular formula is C14H27N3O. The standard InChI is InChI=1S/C14H27N3O/c1-16-12-2-4-13(5-3-12)17-8-6-11(7-9-17)10-14(15)18/h11-13,16H,2-10H2,1H3,(H2,15,18). The average molecular weight is 253 g/mol. The van der Waals surface area contributed by atoms with Crippen LogP contribution < -0.4 is 11.1 Å². The third kappa shape index (κ3) is 3.69. The van der Waals surface area contributed by atoms with Gasteiger partial charge in [-0.1, -0.05) is 0 Å². The van der Waals surface area contributed by atoms with Gasteiger partial charge in [0.2, 0.25) is 5.91 Å². The molecule has 4 nitrogen and oxygen atoms in total. The Hall–Kier alpha value is -0.610. The zero-order valence-corrected chi connectivity index (χ0v) is 11.5. The lowest BCUT2D eigenvalue weighted by Gasteiger charge is -2.40. The zero-order valence-electron chi connectivity index (χ0n) is 11.5. The summed E-state index contributed by atoms with van der Waals surface area (Å²) in [7, 11) is 2.07. The lowest BCUT2D eigenvalue weighted by molar-refractivity contribution is -0.119. The second-order valence-corrected chi connectivity index (χ2v) is 5.94. The van der Waals surface area contributed by atoms with Gasteiger partial charge in [0, 0.05) is 18.5 Å². The summed E-state index contributed by atoms with van der Waals surface area (Å²) in [6, 6.07) is 1.51. The van der Waals surface area contributed by atoms with Gasteiger partial charge in [-0.25, -0.2) is 0 Å². The predicted molar refractivity (Wildman–Crippen MR) is 73.2 cm³/mol. The Morgan fingerprint density at radius 3 is 2.28 bits per heavy atom. The number of hydrogen-bond acceptors (Lipinski definition) is 3. The van der Waals surface area contributed by atoms with Crippen molar-refractivity contribution in [3.8, 4) is 0 Å². The largest absolute Gasteiger partial charge is 0.370 e. The van der Waals surface area contributed by atoms with E-state index in [0.717, 1.165) is 38.0 Å². The lowest BCUT2D eigenvalue weighted by atomic mass is 9.87. The van der Waals surface area contributed by atoms with Crippen LogP contribution in [0.5, 0.6) is 0 Å². The molecule has 0 aromatic heterocycles. The van der Waals surface area contributed by atoms with Crippen molar-refractivity contribution in [1.82, 2.24) is 10.2 Å². The topological polar surface area (TPSA) is 58.4 Å². The number of rotatable bonds is 4. The van der Waals surface area contributed by atoms with E-state index >= 15 is 0 Å². The van der Waals surface area contributed by atoms with Crippen LogP contribution in [0.4, 0.5) is 0 Å². The molecule has 0 spiro atoms. The van der Waals surface area contributed by atoms with Crippen molar-refractivity contribution in [2.24, 2.45) is 11.7 Å². The van der Waals surface area contributed by atoms with Crippen LogP contribution in [0.3, 0.4) is 0 Å². The molecule has 1 heterocycles. The number of nitrogens with one attached hydrogen (secondary N) is 1. The van der Waals surface area contributed by atoms with Crippen LogP contribution in [-0.4, -0.2) is 43.0 Å². The fourth-order valence-electron chi connectivity index (χ4n) is 3.54. The highest BCUT2D eigenvalue weighted by molar-refractivity contribution is 5.73. The summed E-state index contributed by atoms with van der Waals surface area (Å²) in [6.45, 7) is 2.32. The summed E-state index contributed by atoms with van der Waals surface area (Å²) in [5, 5.41) is 3.39. The molecule has 2 fully saturated rings. The minimum atomic E-state index is -0.136. The van der Waals surface area contributed by atoms with Crippen LogP contribution >= 0.6 is 0 Å². The molecule has 0 bridgehead atoms. The van der Waals surface area contributed by atoms with Crippen LogP contribution in [0.25, 0.3) is 0 Å². The van der Waals surface area contributed by atoms with Crippen LogP contribution in [-0.2, 0) is 4.79 Å². The van der Waals surface area contributed by atoms with Gasteiger partial charge in [0.1, 0.15) is 0 Å². The molecule has 18 heavy (non-hydrogen) atoms. The second kappa shape index (κ2) is 6.53. The van der Waals surface area contributed by atoms with E-state index in [9.17, 15) is 4.79 Å². The van der Waals surface area contributed by atoms with Gasteiger partial charge < -0.3 is 16.0 Å². The van der Waals surface area contributed by atoms with Gasteiger partial charge in [-0.15, -0.1) is 0 Å². The molecule has 1 aliphatic heterocycles. The van der Waals surface area contributed by atoms with Crippen molar-refractivity contribution < 1.29 is 4.79 Å². The Morgan fingerprint density at radius 1 is 1.17 bits per heavy atom. The molecule has 0 aromatic rings. The molecule has 0 aromatic carbocycles. The van der Waals surface area contributed by atoms with E-state index in [4.69, 9.17) is 5.73 Å². The second-order valence-electron chi connectivity index (χ2n) is 5.94. The summed E-state index contributed by atoms with van der Waals surface area (Å²) in [4.78, 5) is 13.6. The van der Waals surface area contributed by atoms with Gasteiger partial charge in [0.15, 0.2) is 0 Å². The maximum Gasteiger partial charge on any atom is 0.217 e. The summed E-state index contributed by atoms with van der Waals surface area (Å²) < 4.78 is 0. The molecule has 1 saturated heterocycles. The molecule has 0 radical (unpaired) electrons. The van der Waals surface area contributed by atoms with Gasteiger partial charge in [-0.2, -0.15) is 0 Å². The molecule has 104 valence electrons. The Morgan fingerprint density at radius 2 is 1.78 bits per heavy atom. The fourth-order valence-corrected chi connectivity index (χ4v) is 3.54. The van der Waals surface area contributed by atoms with E-state index < -0.39 is 0 Å². The summed E-state index contributed by atoms with van der Waals surface area (Å²) >= 11 is 0. The van der Waals surface area contributed by atoms with E-state index in [-0.39, 0.29) is 5.91 Å². The summed E-state index contributed by atoms with van der Waals surface area (Å²) in [5.74, 6) is 0.398. The molecule has 2 aliphatic rings. The Bertz CT molecular complexity index is 266. The fraction of sp³-hybridized carbons (Fsp3) is 0.929. The molecule has 0 unspecified atom stereocenters. The highest BCUT2D eigenvalue weighted by Gasteiger charge is 2.28. The van der Waals surface area contributed by atoms with Crippen molar-refractivity contribution in [2.45, 2.75) is 57.0 Å². The first kappa shape index (κ1) is 13.8. The average Bonchev–Trinajstić information content (AvgIpc) is 2.39. The first-order valence-corrected chi connectivity index (χ1v) is 7.38. The van der Waals surface area contributed by atoms with Crippen LogP contribution in [0, 0.1) is 5.92 Å². The van der Waals surface area contributed by atoms with E-state index in [1.807, 2.05) is 0 Å². The highest BCUT2D eigenvalue weighted by atomic mass is 16.1. The number of likely N-dealkylation sites (tertiary alicyclic amines) is 1. The maximum atomic E-state index is 10.9. The van der Waals surface area contributed by atoms with E-state index in [1.165, 1.54) is 25.7 Å². The van der Waals surface area contributed by atoms with Crippen molar-refractivity contribution in [1.29, 1.82) is 0 Å². The monoisotopic (exact) mass is 253 g/mol. The van der Waals surface area contributed by atoms with Crippen LogP contribution in [0.2, 0.25) is 0 Å². The SMILES string of the molecule is CNC1CCC(N2CCC(CC(N)=O)CC2)CC1. The zero-order chi connectivity index (χ0) is 13.0. The maximum absolute atomic E-state index is 10.9. The highest BCUT2D eigenvalue weighted by Crippen LogP contribution is 2.28. The molecule has 3 N–H and O–H groups in total. The van der Waals surface area contributed by atoms with E-state index in [2.05, 4.69) is 17.3 Å². The van der Waals surface area contributed by atoms with Crippen molar-refractivity contribution in [3.63, 3.8) is 0 Å². The van der Waals surface area contributed by atoms with Gasteiger partial charge in [-0.05, 0) is 64.6 Å². The number of nitrogens with two attached hydrogens (primary N) is 1. The van der Waals surface area contributed by atoms with Gasteiger partial charge in [-0.3, -0.25) is 4.79 Å². The van der Waals surface area contributed by atoms with Crippen molar-refractivity contribution in [2.75, 3.05) is 20.1 Å². The van der Waals surface area contributed by atoms with Crippen LogP contribution in [0.1, 0.15) is 44.9 Å². The van der Waals surface area contributed by atoms with Crippen molar-refractivity contribution in [3.05, 3.63) is 0 Å². The number of amides is 1. The Balaban J connectivity index is 1.71.